The molecule has 130 valence electrons. The Labute approximate surface area is 143 Å². The summed E-state index contributed by atoms with van der Waals surface area (Å²) in [5, 5.41) is 9.22. The quantitative estimate of drug-likeness (QED) is 0.455. The number of carbonyl (C=O) groups is 2. The third-order valence-corrected chi connectivity index (χ3v) is 3.63. The van der Waals surface area contributed by atoms with Gasteiger partial charge in [-0.25, -0.2) is 4.79 Å². The van der Waals surface area contributed by atoms with Crippen LogP contribution in [0.4, 0.5) is 0 Å². The number of ether oxygens (including phenoxy) is 1. The van der Waals surface area contributed by atoms with Gasteiger partial charge in [-0.3, -0.25) is 4.79 Å². The average Bonchev–Trinajstić information content (AvgIpc) is 2.76. The molecule has 0 aromatic carbocycles. The monoisotopic (exact) mass is 331 g/mol. The predicted molar refractivity (Wildman–Crippen MR) is 92.0 cm³/mol. The summed E-state index contributed by atoms with van der Waals surface area (Å²) in [5.41, 5.74) is 2.75. The van der Waals surface area contributed by atoms with E-state index < -0.39 is 5.97 Å². The molecule has 0 aliphatic carbocycles. The molecule has 0 N–H and O–H groups in total. The van der Waals surface area contributed by atoms with Crippen LogP contribution in [0.25, 0.3) is 6.08 Å². The first-order valence-corrected chi connectivity index (χ1v) is 7.83. The van der Waals surface area contributed by atoms with E-state index >= 15 is 0 Å². The fourth-order valence-electron chi connectivity index (χ4n) is 2.25. The Morgan fingerprint density at radius 3 is 2.50 bits per heavy atom. The molecule has 1 heterocycles. The lowest BCUT2D eigenvalue weighted by Crippen LogP contribution is -2.27. The van der Waals surface area contributed by atoms with Crippen LogP contribution in [0.1, 0.15) is 30.8 Å². The first-order chi connectivity index (χ1) is 11.2. The summed E-state index contributed by atoms with van der Waals surface area (Å²) >= 11 is 0. The van der Waals surface area contributed by atoms with Crippen molar-refractivity contribution in [2.75, 3.05) is 20.7 Å². The lowest BCUT2D eigenvalue weighted by molar-refractivity contribution is -0.147. The lowest BCUT2D eigenvalue weighted by Gasteiger charge is -2.12. The van der Waals surface area contributed by atoms with Gasteiger partial charge in [-0.2, -0.15) is 5.26 Å². The number of amides is 1. The molecule has 0 unspecified atom stereocenters. The number of esters is 1. The summed E-state index contributed by atoms with van der Waals surface area (Å²) in [4.78, 5) is 24.8. The topological polar surface area (TPSA) is 75.3 Å². The highest BCUT2D eigenvalue weighted by atomic mass is 16.5. The maximum atomic E-state index is 12.0. The third kappa shape index (κ3) is 4.98. The van der Waals surface area contributed by atoms with Gasteiger partial charge in [-0.1, -0.05) is 13.8 Å². The van der Waals surface area contributed by atoms with Gasteiger partial charge in [-0.05, 0) is 37.5 Å². The average molecular weight is 331 g/mol. The molecule has 0 bridgehead atoms. The molecule has 0 radical (unpaired) electrons. The number of nitriles is 1. The fourth-order valence-corrected chi connectivity index (χ4v) is 2.25. The largest absolute Gasteiger partial charge is 0.451 e. The molecule has 1 amide bonds. The van der Waals surface area contributed by atoms with E-state index in [9.17, 15) is 14.9 Å². The zero-order valence-electron chi connectivity index (χ0n) is 15.2. The normalized spacial score (nSPS) is 11.3. The maximum absolute atomic E-state index is 12.0. The summed E-state index contributed by atoms with van der Waals surface area (Å²) in [6.07, 6.45) is 1.52. The minimum atomic E-state index is -0.790. The number of hydrogen-bond acceptors (Lipinski definition) is 4. The van der Waals surface area contributed by atoms with E-state index in [0.717, 1.165) is 23.5 Å². The zero-order valence-corrected chi connectivity index (χ0v) is 15.2. The van der Waals surface area contributed by atoms with Crippen molar-refractivity contribution in [3.05, 3.63) is 28.6 Å². The number of likely N-dealkylation sites (N-methyl/N-ethyl adjacent to an activating group) is 1. The number of hydrogen-bond donors (Lipinski definition) is 0. The van der Waals surface area contributed by atoms with E-state index in [4.69, 9.17) is 4.74 Å². The Balaban J connectivity index is 2.99. The van der Waals surface area contributed by atoms with Crippen LogP contribution in [0.2, 0.25) is 0 Å². The van der Waals surface area contributed by atoms with Crippen LogP contribution in [0.15, 0.2) is 11.6 Å². The molecule has 24 heavy (non-hydrogen) atoms. The molecule has 1 aromatic rings. The molecular weight excluding hydrogens is 306 g/mol. The Kier molecular flexibility index (Phi) is 6.78. The predicted octanol–water partition coefficient (Wildman–Crippen LogP) is 2.30. The van der Waals surface area contributed by atoms with E-state index in [2.05, 4.69) is 18.4 Å². The standard InChI is InChI=1S/C18H25N3O3/c1-12(2)10-21-13(3)7-15(14(21)4)8-16(9-19)18(23)24-11-17(22)20(5)6/h7-8,12H,10-11H2,1-6H3/b16-8+. The molecule has 0 aliphatic heterocycles. The van der Waals surface area contributed by atoms with Gasteiger partial charge in [0.05, 0.1) is 0 Å². The van der Waals surface area contributed by atoms with E-state index in [1.807, 2.05) is 26.0 Å². The number of aryl methyl sites for hydroxylation is 1. The molecule has 0 fully saturated rings. The number of aromatic nitrogens is 1. The van der Waals surface area contributed by atoms with Crippen molar-refractivity contribution in [2.24, 2.45) is 5.92 Å². The molecule has 0 aliphatic rings. The first kappa shape index (κ1) is 19.5. The Morgan fingerprint density at radius 2 is 2.00 bits per heavy atom. The molecular formula is C18H25N3O3. The molecule has 0 saturated carbocycles. The minimum Gasteiger partial charge on any atom is -0.451 e. The Hall–Kier alpha value is -2.55. The number of nitrogens with zero attached hydrogens (tertiary/aromatic N) is 3. The zero-order chi connectivity index (χ0) is 18.4. The number of carbonyl (C=O) groups excluding carboxylic acids is 2. The van der Waals surface area contributed by atoms with Crippen LogP contribution in [0.3, 0.4) is 0 Å². The van der Waals surface area contributed by atoms with Crippen LogP contribution in [-0.4, -0.2) is 42.0 Å². The van der Waals surface area contributed by atoms with Gasteiger partial charge >= 0.3 is 5.97 Å². The van der Waals surface area contributed by atoms with E-state index in [0.29, 0.717) is 5.92 Å². The van der Waals surface area contributed by atoms with Crippen molar-refractivity contribution in [3.63, 3.8) is 0 Å². The van der Waals surface area contributed by atoms with Gasteiger partial charge in [0.25, 0.3) is 5.91 Å². The summed E-state index contributed by atoms with van der Waals surface area (Å²) in [6, 6.07) is 3.79. The summed E-state index contributed by atoms with van der Waals surface area (Å²) in [7, 11) is 3.14. The first-order valence-electron chi connectivity index (χ1n) is 7.83. The van der Waals surface area contributed by atoms with Crippen molar-refractivity contribution < 1.29 is 14.3 Å². The van der Waals surface area contributed by atoms with Gasteiger partial charge in [0, 0.05) is 32.0 Å². The molecule has 1 aromatic heterocycles. The van der Waals surface area contributed by atoms with Crippen LogP contribution in [-0.2, 0) is 20.9 Å². The van der Waals surface area contributed by atoms with E-state index in [1.54, 1.807) is 14.1 Å². The summed E-state index contributed by atoms with van der Waals surface area (Å²) in [5.74, 6) is -0.638. The van der Waals surface area contributed by atoms with Gasteiger partial charge in [-0.15, -0.1) is 0 Å². The highest BCUT2D eigenvalue weighted by Crippen LogP contribution is 2.20. The molecule has 1 rings (SSSR count). The SMILES string of the molecule is Cc1cc(/C=C(\C#N)C(=O)OCC(=O)N(C)C)c(C)n1CC(C)C. The van der Waals surface area contributed by atoms with Gasteiger partial charge in [0.2, 0.25) is 0 Å². The molecule has 6 nitrogen and oxygen atoms in total. The van der Waals surface area contributed by atoms with Crippen molar-refractivity contribution in [1.29, 1.82) is 5.26 Å². The second kappa shape index (κ2) is 8.34. The molecule has 0 spiro atoms. The summed E-state index contributed by atoms with van der Waals surface area (Å²) < 4.78 is 7.06. The van der Waals surface area contributed by atoms with E-state index in [1.165, 1.54) is 11.0 Å². The Bertz CT molecular complexity index is 691. The van der Waals surface area contributed by atoms with Crippen LogP contribution < -0.4 is 0 Å². The van der Waals surface area contributed by atoms with E-state index in [-0.39, 0.29) is 18.1 Å². The molecule has 0 atom stereocenters. The second-order valence-corrected chi connectivity index (χ2v) is 6.37. The van der Waals surface area contributed by atoms with Crippen molar-refractivity contribution >= 4 is 18.0 Å². The van der Waals surface area contributed by atoms with Crippen molar-refractivity contribution in [2.45, 2.75) is 34.2 Å². The highest BCUT2D eigenvalue weighted by Gasteiger charge is 2.16. The maximum Gasteiger partial charge on any atom is 0.349 e. The third-order valence-electron chi connectivity index (χ3n) is 3.63. The Morgan fingerprint density at radius 1 is 1.38 bits per heavy atom. The van der Waals surface area contributed by atoms with Gasteiger partial charge < -0.3 is 14.2 Å². The summed E-state index contributed by atoms with van der Waals surface area (Å²) in [6.45, 7) is 8.71. The van der Waals surface area contributed by atoms with Crippen molar-refractivity contribution in [1.82, 2.24) is 9.47 Å². The van der Waals surface area contributed by atoms with Crippen molar-refractivity contribution in [3.8, 4) is 6.07 Å². The second-order valence-electron chi connectivity index (χ2n) is 6.37. The van der Waals surface area contributed by atoms with Crippen LogP contribution in [0.5, 0.6) is 0 Å². The van der Waals surface area contributed by atoms with Gasteiger partial charge in [0.1, 0.15) is 11.6 Å². The molecule has 6 heteroatoms. The van der Waals surface area contributed by atoms with Crippen LogP contribution in [0, 0.1) is 31.1 Å². The minimum absolute atomic E-state index is 0.119. The highest BCUT2D eigenvalue weighted by molar-refractivity contribution is 5.99. The molecule has 0 saturated heterocycles. The lowest BCUT2D eigenvalue weighted by atomic mass is 10.1. The fraction of sp³-hybridized carbons (Fsp3) is 0.500. The smallest absolute Gasteiger partial charge is 0.349 e. The van der Waals surface area contributed by atoms with Gasteiger partial charge in [0.15, 0.2) is 6.61 Å². The van der Waals surface area contributed by atoms with Crippen LogP contribution >= 0.6 is 0 Å². The number of rotatable bonds is 6.